The molecule has 2 aromatic heterocycles. The van der Waals surface area contributed by atoms with E-state index in [1.165, 1.54) is 27.8 Å². The monoisotopic (exact) mass is 413 g/mol. The average molecular weight is 414 g/mol. The molecule has 5 aromatic rings. The van der Waals surface area contributed by atoms with E-state index < -0.39 is 0 Å². The van der Waals surface area contributed by atoms with Crippen molar-refractivity contribution in [2.45, 2.75) is 19.3 Å². The van der Waals surface area contributed by atoms with E-state index in [1.807, 2.05) is 30.5 Å². The Hall–Kier alpha value is -3.98. The smallest absolute Gasteiger partial charge is 0.159 e. The van der Waals surface area contributed by atoms with Crippen LogP contribution >= 0.6 is 0 Å². The number of hydrogen-bond acceptors (Lipinski definition) is 2. The zero-order chi connectivity index (χ0) is 21.5. The van der Waals surface area contributed by atoms with Gasteiger partial charge in [0.1, 0.15) is 0 Å². The molecule has 6 rings (SSSR count). The Kier molecular flexibility index (Phi) is 4.46. The third kappa shape index (κ3) is 3.05. The lowest BCUT2D eigenvalue weighted by atomic mass is 9.93. The van der Waals surface area contributed by atoms with Gasteiger partial charge in [-0.15, -0.1) is 0 Å². The maximum Gasteiger partial charge on any atom is 0.159 e. The van der Waals surface area contributed by atoms with E-state index in [-0.39, 0.29) is 0 Å². The van der Waals surface area contributed by atoms with Crippen molar-refractivity contribution in [2.24, 2.45) is 0 Å². The number of rotatable bonds is 3. The summed E-state index contributed by atoms with van der Waals surface area (Å²) in [7, 11) is 0. The van der Waals surface area contributed by atoms with Crippen LogP contribution in [-0.4, -0.2) is 14.5 Å². The predicted molar refractivity (Wildman–Crippen MR) is 132 cm³/mol. The molecule has 0 spiro atoms. The zero-order valence-corrected chi connectivity index (χ0v) is 17.9. The summed E-state index contributed by atoms with van der Waals surface area (Å²) in [6.45, 7) is 2.31. The van der Waals surface area contributed by atoms with Gasteiger partial charge in [-0.25, -0.2) is 9.97 Å². The molecule has 3 nitrogen and oxygen atoms in total. The van der Waals surface area contributed by atoms with Gasteiger partial charge >= 0.3 is 0 Å². The van der Waals surface area contributed by atoms with E-state index in [0.717, 1.165) is 29.1 Å². The van der Waals surface area contributed by atoms with Crippen molar-refractivity contribution >= 4 is 17.0 Å². The highest BCUT2D eigenvalue weighted by molar-refractivity contribution is 5.93. The van der Waals surface area contributed by atoms with Crippen molar-refractivity contribution in [2.75, 3.05) is 0 Å². The summed E-state index contributed by atoms with van der Waals surface area (Å²) in [6.07, 6.45) is 7.49. The van der Waals surface area contributed by atoms with Crippen LogP contribution < -0.4 is 0 Å². The van der Waals surface area contributed by atoms with Gasteiger partial charge in [-0.2, -0.15) is 0 Å². The van der Waals surface area contributed by atoms with Crippen molar-refractivity contribution < 1.29 is 0 Å². The molecule has 2 heterocycles. The van der Waals surface area contributed by atoms with Gasteiger partial charge in [-0.3, -0.25) is 0 Å². The third-order valence-corrected chi connectivity index (χ3v) is 6.30. The minimum absolute atomic E-state index is 0.480. The van der Waals surface area contributed by atoms with Crippen LogP contribution in [0.25, 0.3) is 45.3 Å². The minimum Gasteiger partial charge on any atom is -0.313 e. The molecule has 0 amide bonds. The number of allylic oxidation sites excluding steroid dienone is 1. The summed E-state index contributed by atoms with van der Waals surface area (Å²) in [5.41, 5.74) is 8.22. The van der Waals surface area contributed by atoms with E-state index in [4.69, 9.17) is 4.98 Å². The predicted octanol–water partition coefficient (Wildman–Crippen LogP) is 7.27. The summed E-state index contributed by atoms with van der Waals surface area (Å²) in [4.78, 5) is 9.34. The van der Waals surface area contributed by atoms with E-state index in [9.17, 15) is 0 Å². The largest absolute Gasteiger partial charge is 0.313 e. The highest BCUT2D eigenvalue weighted by Gasteiger charge is 2.23. The number of benzene rings is 3. The minimum atomic E-state index is 0.480. The molecule has 1 atom stereocenters. The molecule has 0 radical (unpaired) electrons. The first-order valence-corrected chi connectivity index (χ1v) is 11.1. The standard InChI is InChI=1S/C29H23N3/c1-20-8-7-12-25-24-11-5-6-13-27(24)32(28(20)25)23-16-14-22(15-17-23)29-30-19-18-26(31-29)21-9-3-2-4-10-21/h2-7,9-20H,8H2,1H3. The maximum atomic E-state index is 4.81. The van der Waals surface area contributed by atoms with Crippen LogP contribution in [0.5, 0.6) is 0 Å². The Balaban J connectivity index is 1.44. The van der Waals surface area contributed by atoms with Crippen LogP contribution in [0, 0.1) is 0 Å². The molecule has 1 unspecified atom stereocenters. The Labute approximate surface area is 187 Å². The van der Waals surface area contributed by atoms with Crippen molar-refractivity contribution in [3.63, 3.8) is 0 Å². The molecule has 0 bridgehead atoms. The zero-order valence-electron chi connectivity index (χ0n) is 17.9. The second-order valence-electron chi connectivity index (χ2n) is 8.37. The molecule has 0 saturated heterocycles. The fourth-order valence-corrected chi connectivity index (χ4v) is 4.75. The van der Waals surface area contributed by atoms with E-state index >= 15 is 0 Å². The third-order valence-electron chi connectivity index (χ3n) is 6.30. The first-order chi connectivity index (χ1) is 15.8. The molecule has 1 aliphatic rings. The normalized spacial score (nSPS) is 15.1. The number of nitrogens with zero attached hydrogens (tertiary/aromatic N) is 3. The van der Waals surface area contributed by atoms with E-state index in [1.54, 1.807) is 0 Å². The lowest BCUT2D eigenvalue weighted by Crippen LogP contribution is -2.07. The Morgan fingerprint density at radius 2 is 1.59 bits per heavy atom. The highest BCUT2D eigenvalue weighted by atomic mass is 15.0. The van der Waals surface area contributed by atoms with E-state index in [2.05, 4.69) is 89.3 Å². The van der Waals surface area contributed by atoms with Gasteiger partial charge in [0.25, 0.3) is 0 Å². The van der Waals surface area contributed by atoms with Gasteiger partial charge in [-0.1, -0.05) is 67.6 Å². The van der Waals surface area contributed by atoms with Gasteiger partial charge in [0.05, 0.1) is 11.2 Å². The van der Waals surface area contributed by atoms with Crippen molar-refractivity contribution in [3.8, 4) is 28.3 Å². The maximum absolute atomic E-state index is 4.81. The Morgan fingerprint density at radius 1 is 0.812 bits per heavy atom. The van der Waals surface area contributed by atoms with Crippen LogP contribution in [0.4, 0.5) is 0 Å². The lowest BCUT2D eigenvalue weighted by molar-refractivity contribution is 0.723. The van der Waals surface area contributed by atoms with Crippen LogP contribution in [0.1, 0.15) is 30.5 Å². The van der Waals surface area contributed by atoms with Crippen LogP contribution in [-0.2, 0) is 0 Å². The van der Waals surface area contributed by atoms with E-state index in [0.29, 0.717) is 5.92 Å². The summed E-state index contributed by atoms with van der Waals surface area (Å²) >= 11 is 0. The number of para-hydroxylation sites is 1. The van der Waals surface area contributed by atoms with Gasteiger partial charge in [0.2, 0.25) is 0 Å². The average Bonchev–Trinajstić information content (AvgIpc) is 3.21. The fourth-order valence-electron chi connectivity index (χ4n) is 4.75. The fraction of sp³-hybridized carbons (Fsp3) is 0.103. The summed E-state index contributed by atoms with van der Waals surface area (Å²) in [5, 5.41) is 1.31. The van der Waals surface area contributed by atoms with Crippen LogP contribution in [0.2, 0.25) is 0 Å². The molecule has 0 N–H and O–H groups in total. The SMILES string of the molecule is CC1CC=Cc2c1n(-c1ccc(-c3nccc(-c4ccccc4)n3)cc1)c1ccccc21. The molecule has 3 heteroatoms. The molecule has 1 aliphatic carbocycles. The summed E-state index contributed by atoms with van der Waals surface area (Å²) in [6, 6.07) is 29.5. The molecule has 3 aromatic carbocycles. The molecular formula is C29H23N3. The number of aromatic nitrogens is 3. The molecule has 0 fully saturated rings. The molecule has 0 aliphatic heterocycles. The Bertz CT molecular complexity index is 1440. The molecular weight excluding hydrogens is 390 g/mol. The number of hydrogen-bond donors (Lipinski definition) is 0. The number of fused-ring (bicyclic) bond motifs is 3. The van der Waals surface area contributed by atoms with Crippen LogP contribution in [0.3, 0.4) is 0 Å². The molecule has 154 valence electrons. The lowest BCUT2D eigenvalue weighted by Gasteiger charge is -2.19. The Morgan fingerprint density at radius 3 is 2.44 bits per heavy atom. The highest BCUT2D eigenvalue weighted by Crippen LogP contribution is 2.39. The first-order valence-electron chi connectivity index (χ1n) is 11.1. The van der Waals surface area contributed by atoms with Gasteiger partial charge in [-0.05, 0) is 42.8 Å². The van der Waals surface area contributed by atoms with Crippen molar-refractivity contribution in [1.29, 1.82) is 0 Å². The molecule has 0 saturated carbocycles. The van der Waals surface area contributed by atoms with Gasteiger partial charge < -0.3 is 4.57 Å². The quantitative estimate of drug-likeness (QED) is 0.311. The molecule has 32 heavy (non-hydrogen) atoms. The summed E-state index contributed by atoms with van der Waals surface area (Å²) in [5.74, 6) is 1.22. The topological polar surface area (TPSA) is 30.7 Å². The van der Waals surface area contributed by atoms with Gasteiger partial charge in [0.15, 0.2) is 5.82 Å². The summed E-state index contributed by atoms with van der Waals surface area (Å²) < 4.78 is 2.42. The first kappa shape index (κ1) is 18.8. The van der Waals surface area contributed by atoms with Gasteiger partial charge in [0, 0.05) is 45.6 Å². The van der Waals surface area contributed by atoms with Crippen LogP contribution in [0.15, 0.2) is 97.2 Å². The van der Waals surface area contributed by atoms with Crippen molar-refractivity contribution in [1.82, 2.24) is 14.5 Å². The van der Waals surface area contributed by atoms with Crippen molar-refractivity contribution in [3.05, 3.63) is 108 Å². The second kappa shape index (κ2) is 7.61. The second-order valence-corrected chi connectivity index (χ2v) is 8.37.